The molecule has 194 valence electrons. The average molecular weight is 505 g/mol. The number of amides is 1. The first-order valence-electron chi connectivity index (χ1n) is 12.4. The Hall–Kier alpha value is -3.57. The SMILES string of the molecule is C=C1OB(c2cnc(N(C(=O)OC(C)(C)C)c3ccc(N4CCOCC4)cc3)c3nccn23)OC1(C)C. The second-order valence-corrected chi connectivity index (χ2v) is 10.6. The van der Waals surface area contributed by atoms with Gasteiger partial charge in [0.05, 0.1) is 30.3 Å². The van der Waals surface area contributed by atoms with E-state index in [0.717, 1.165) is 18.8 Å². The van der Waals surface area contributed by atoms with E-state index in [1.54, 1.807) is 23.0 Å². The van der Waals surface area contributed by atoms with Gasteiger partial charge < -0.3 is 28.1 Å². The fourth-order valence-corrected chi connectivity index (χ4v) is 4.26. The van der Waals surface area contributed by atoms with Gasteiger partial charge in [0, 0.05) is 37.4 Å². The molecular formula is C26H32BN5O5. The molecule has 2 aliphatic heterocycles. The monoisotopic (exact) mass is 505 g/mol. The number of benzene rings is 1. The highest BCUT2D eigenvalue weighted by molar-refractivity contribution is 6.61. The molecule has 0 saturated carbocycles. The van der Waals surface area contributed by atoms with E-state index < -0.39 is 24.4 Å². The maximum Gasteiger partial charge on any atom is 0.583 e. The number of carbonyl (C=O) groups is 1. The summed E-state index contributed by atoms with van der Waals surface area (Å²) in [6.45, 7) is 16.3. The van der Waals surface area contributed by atoms with Gasteiger partial charge in [0.2, 0.25) is 0 Å². The minimum Gasteiger partial charge on any atom is -0.533 e. The number of hydrogen-bond donors (Lipinski definition) is 0. The topological polar surface area (TPSA) is 90.7 Å². The van der Waals surface area contributed by atoms with Gasteiger partial charge in [-0.3, -0.25) is 0 Å². The molecule has 1 amide bonds. The van der Waals surface area contributed by atoms with Crippen molar-refractivity contribution < 1.29 is 23.6 Å². The molecule has 37 heavy (non-hydrogen) atoms. The summed E-state index contributed by atoms with van der Waals surface area (Å²) in [6.07, 6.45) is 4.50. The van der Waals surface area contributed by atoms with Crippen LogP contribution in [0, 0.1) is 0 Å². The maximum atomic E-state index is 13.5. The van der Waals surface area contributed by atoms with Gasteiger partial charge in [-0.1, -0.05) is 6.58 Å². The number of imidazole rings is 1. The predicted octanol–water partition coefficient (Wildman–Crippen LogP) is 3.67. The van der Waals surface area contributed by atoms with Crippen molar-refractivity contribution in [3.05, 3.63) is 55.2 Å². The summed E-state index contributed by atoms with van der Waals surface area (Å²) in [5.41, 5.74) is 1.42. The van der Waals surface area contributed by atoms with Gasteiger partial charge in [-0.05, 0) is 58.9 Å². The van der Waals surface area contributed by atoms with Crippen molar-refractivity contribution in [3.63, 3.8) is 0 Å². The molecule has 0 aliphatic carbocycles. The summed E-state index contributed by atoms with van der Waals surface area (Å²) >= 11 is 0. The summed E-state index contributed by atoms with van der Waals surface area (Å²) < 4.78 is 25.0. The van der Waals surface area contributed by atoms with Crippen molar-refractivity contribution in [1.29, 1.82) is 0 Å². The van der Waals surface area contributed by atoms with Gasteiger partial charge in [0.1, 0.15) is 11.2 Å². The predicted molar refractivity (Wildman–Crippen MR) is 142 cm³/mol. The standard InChI is InChI=1S/C26H32BN5O5/c1-18-26(5,6)37-27(36-18)21-17-29-23(22-28-11-12-31(21)22)32(24(33)35-25(2,3)4)20-9-7-19(8-10-20)30-13-15-34-16-14-30/h7-12,17H,1,13-16H2,2-6H3. The van der Waals surface area contributed by atoms with Crippen LogP contribution >= 0.6 is 0 Å². The first-order valence-corrected chi connectivity index (χ1v) is 12.4. The zero-order valence-electron chi connectivity index (χ0n) is 21.9. The van der Waals surface area contributed by atoms with E-state index in [9.17, 15) is 4.79 Å². The molecule has 2 aliphatic rings. The molecule has 0 unspecified atom stereocenters. The summed E-state index contributed by atoms with van der Waals surface area (Å²) in [5.74, 6) is 0.865. The van der Waals surface area contributed by atoms with Crippen molar-refractivity contribution in [1.82, 2.24) is 14.4 Å². The molecule has 5 rings (SSSR count). The first kappa shape index (κ1) is 25.1. The number of morpholine rings is 1. The third-order valence-electron chi connectivity index (χ3n) is 6.27. The Bertz CT molecular complexity index is 1310. The Kier molecular flexibility index (Phi) is 6.37. The van der Waals surface area contributed by atoms with Crippen LogP contribution in [0.15, 0.2) is 55.2 Å². The molecule has 0 spiro atoms. The Morgan fingerprint density at radius 2 is 1.86 bits per heavy atom. The second kappa shape index (κ2) is 9.39. The second-order valence-electron chi connectivity index (χ2n) is 10.6. The Labute approximate surface area is 216 Å². The lowest BCUT2D eigenvalue weighted by atomic mass is 9.85. The first-order chi connectivity index (χ1) is 17.5. The van der Waals surface area contributed by atoms with Crippen molar-refractivity contribution >= 4 is 41.6 Å². The van der Waals surface area contributed by atoms with Crippen LogP contribution in [0.2, 0.25) is 0 Å². The molecule has 2 saturated heterocycles. The summed E-state index contributed by atoms with van der Waals surface area (Å²) in [5, 5.41) is 0. The summed E-state index contributed by atoms with van der Waals surface area (Å²) in [7, 11) is -0.705. The van der Waals surface area contributed by atoms with Gasteiger partial charge in [-0.15, -0.1) is 0 Å². The lowest BCUT2D eigenvalue weighted by molar-refractivity contribution is 0.0598. The lowest BCUT2D eigenvalue weighted by Crippen LogP contribution is -2.40. The summed E-state index contributed by atoms with van der Waals surface area (Å²) in [4.78, 5) is 26.4. The van der Waals surface area contributed by atoms with Crippen molar-refractivity contribution in [2.24, 2.45) is 0 Å². The third-order valence-corrected chi connectivity index (χ3v) is 6.27. The molecule has 0 radical (unpaired) electrons. The van der Waals surface area contributed by atoms with Crippen LogP contribution < -0.4 is 15.4 Å². The van der Waals surface area contributed by atoms with E-state index in [4.69, 9.17) is 18.8 Å². The minimum atomic E-state index is -0.705. The van der Waals surface area contributed by atoms with Crippen molar-refractivity contribution in [3.8, 4) is 0 Å². The number of anilines is 3. The minimum absolute atomic E-state index is 0.332. The van der Waals surface area contributed by atoms with Crippen LogP contribution in [0.5, 0.6) is 0 Å². The molecule has 2 aromatic heterocycles. The smallest absolute Gasteiger partial charge is 0.533 e. The van der Waals surface area contributed by atoms with Crippen LogP contribution in [0.25, 0.3) is 5.65 Å². The number of nitrogens with zero attached hydrogens (tertiary/aromatic N) is 5. The number of fused-ring (bicyclic) bond motifs is 1. The Morgan fingerprint density at radius 1 is 1.16 bits per heavy atom. The van der Waals surface area contributed by atoms with E-state index in [0.29, 0.717) is 41.7 Å². The van der Waals surface area contributed by atoms with Gasteiger partial charge in [0.25, 0.3) is 0 Å². The van der Waals surface area contributed by atoms with E-state index in [1.807, 2.05) is 58.9 Å². The Morgan fingerprint density at radius 3 is 2.49 bits per heavy atom. The number of hydrogen-bond acceptors (Lipinski definition) is 8. The van der Waals surface area contributed by atoms with Gasteiger partial charge in [0.15, 0.2) is 11.5 Å². The summed E-state index contributed by atoms with van der Waals surface area (Å²) in [6, 6.07) is 7.75. The van der Waals surface area contributed by atoms with E-state index >= 15 is 0 Å². The number of aromatic nitrogens is 3. The average Bonchev–Trinajstić information content (AvgIpc) is 3.44. The normalized spacial score (nSPS) is 17.7. The molecule has 4 heterocycles. The number of ether oxygens (including phenoxy) is 2. The van der Waals surface area contributed by atoms with Crippen molar-refractivity contribution in [2.75, 3.05) is 36.1 Å². The molecule has 11 heteroatoms. The van der Waals surface area contributed by atoms with Gasteiger partial charge in [-0.25, -0.2) is 19.7 Å². The lowest BCUT2D eigenvalue weighted by Gasteiger charge is -2.30. The number of rotatable bonds is 4. The fraction of sp³-hybridized carbons (Fsp3) is 0.423. The van der Waals surface area contributed by atoms with Crippen molar-refractivity contribution in [2.45, 2.75) is 45.8 Å². The van der Waals surface area contributed by atoms with E-state index in [-0.39, 0.29) is 0 Å². The molecule has 0 N–H and O–H groups in total. The quantitative estimate of drug-likeness (QED) is 0.497. The number of carbonyl (C=O) groups excluding carboxylic acids is 1. The van der Waals surface area contributed by atoms with Gasteiger partial charge in [-0.2, -0.15) is 0 Å². The highest BCUT2D eigenvalue weighted by atomic mass is 16.7. The fourth-order valence-electron chi connectivity index (χ4n) is 4.26. The van der Waals surface area contributed by atoms with Crippen LogP contribution in [-0.4, -0.2) is 65.1 Å². The van der Waals surface area contributed by atoms with Crippen LogP contribution in [0.3, 0.4) is 0 Å². The van der Waals surface area contributed by atoms with Gasteiger partial charge >= 0.3 is 13.2 Å². The molecule has 0 atom stereocenters. The van der Waals surface area contributed by atoms with E-state index in [2.05, 4.69) is 21.4 Å². The maximum absolute atomic E-state index is 13.5. The van der Waals surface area contributed by atoms with Crippen LogP contribution in [0.1, 0.15) is 34.6 Å². The molecule has 2 fully saturated rings. The van der Waals surface area contributed by atoms with Crippen LogP contribution in [-0.2, 0) is 18.8 Å². The van der Waals surface area contributed by atoms with Crippen LogP contribution in [0.4, 0.5) is 22.0 Å². The largest absolute Gasteiger partial charge is 0.583 e. The molecule has 10 nitrogen and oxygen atoms in total. The zero-order chi connectivity index (χ0) is 26.4. The third kappa shape index (κ3) is 5.01. The molecular weight excluding hydrogens is 473 g/mol. The van der Waals surface area contributed by atoms with E-state index in [1.165, 1.54) is 4.90 Å². The zero-order valence-corrected chi connectivity index (χ0v) is 21.9. The highest BCUT2D eigenvalue weighted by Crippen LogP contribution is 2.32. The molecule has 1 aromatic carbocycles. The molecule has 3 aromatic rings. The molecule has 0 bridgehead atoms. The Balaban J connectivity index is 1.54. The highest BCUT2D eigenvalue weighted by Gasteiger charge is 2.44.